The van der Waals surface area contributed by atoms with Gasteiger partial charge in [0.2, 0.25) is 0 Å². The second-order valence-corrected chi connectivity index (χ2v) is 13.7. The Labute approximate surface area is 305 Å². The number of phenols is 2. The topological polar surface area (TPSA) is 128 Å². The maximum atomic E-state index is 14.2. The fourth-order valence-electron chi connectivity index (χ4n) is 7.52. The number of nitrogens with one attached hydrogen (secondary N) is 2. The first kappa shape index (κ1) is 36.3. The minimum Gasteiger partial charge on any atom is -0.504 e. The first-order valence-electron chi connectivity index (χ1n) is 17.9. The Morgan fingerprint density at radius 2 is 1.42 bits per heavy atom. The lowest BCUT2D eigenvalue weighted by atomic mass is 9.81. The molecule has 52 heavy (non-hydrogen) atoms. The van der Waals surface area contributed by atoms with Crippen molar-refractivity contribution in [3.05, 3.63) is 143 Å². The molecule has 6 aromatic rings. The fourth-order valence-corrected chi connectivity index (χ4v) is 7.52. The van der Waals surface area contributed by atoms with Crippen molar-refractivity contribution in [2.45, 2.75) is 58.0 Å². The zero-order valence-corrected chi connectivity index (χ0v) is 30.1. The Hall–Kier alpha value is -5.47. The number of H-pyrrole nitrogens is 2. The summed E-state index contributed by atoms with van der Waals surface area (Å²) in [4.78, 5) is 20.4. The third kappa shape index (κ3) is 8.35. The molecule has 0 radical (unpaired) electrons. The van der Waals surface area contributed by atoms with Crippen LogP contribution in [0.1, 0.15) is 52.3 Å². The molecule has 6 rings (SSSR count). The number of benzene rings is 4. The quantitative estimate of drug-likeness (QED) is 0.0659. The number of aryl methyl sites for hydroxylation is 1. The number of rotatable bonds is 17. The van der Waals surface area contributed by atoms with Crippen LogP contribution in [0.25, 0.3) is 10.8 Å². The van der Waals surface area contributed by atoms with Crippen LogP contribution >= 0.6 is 0 Å². The molecule has 0 aliphatic carbocycles. The molecule has 0 aliphatic rings. The predicted octanol–water partition coefficient (Wildman–Crippen LogP) is 7.90. The summed E-state index contributed by atoms with van der Waals surface area (Å²) in [5.41, 5.74) is 7.14. The summed E-state index contributed by atoms with van der Waals surface area (Å²) in [6.07, 6.45) is 9.91. The van der Waals surface area contributed by atoms with Crippen LogP contribution in [0.5, 0.6) is 23.0 Å². The van der Waals surface area contributed by atoms with Gasteiger partial charge in [-0.15, -0.1) is 0 Å². The summed E-state index contributed by atoms with van der Waals surface area (Å²) in [5, 5.41) is 35.5. The molecule has 8 heteroatoms. The largest absolute Gasteiger partial charge is 0.504 e. The zero-order valence-electron chi connectivity index (χ0n) is 30.1. The number of fused-ring (bicyclic) bond motifs is 1. The Kier molecular flexibility index (Phi) is 11.7. The van der Waals surface area contributed by atoms with Gasteiger partial charge in [0.1, 0.15) is 5.78 Å². The number of hydrogen-bond acceptors (Lipinski definition) is 6. The number of methoxy groups -OCH3 is 2. The molecular weight excluding hydrogens is 652 g/mol. The van der Waals surface area contributed by atoms with Gasteiger partial charge in [-0.2, -0.15) is 0 Å². The number of Topliss-reactive ketones (excluding diaryl/α,β-unsaturated/α-hetero) is 1. The Morgan fingerprint density at radius 1 is 0.731 bits per heavy atom. The van der Waals surface area contributed by atoms with E-state index in [9.17, 15) is 20.1 Å². The maximum absolute atomic E-state index is 14.2. The van der Waals surface area contributed by atoms with Gasteiger partial charge in [0, 0.05) is 49.1 Å². The van der Waals surface area contributed by atoms with E-state index in [1.807, 2.05) is 55.1 Å². The van der Waals surface area contributed by atoms with E-state index in [4.69, 9.17) is 9.47 Å². The van der Waals surface area contributed by atoms with Gasteiger partial charge in [-0.3, -0.25) is 4.79 Å². The van der Waals surface area contributed by atoms with Gasteiger partial charge in [-0.1, -0.05) is 55.5 Å². The molecule has 0 fully saturated rings. The Bertz CT molecular complexity index is 2090. The van der Waals surface area contributed by atoms with Crippen molar-refractivity contribution >= 4 is 16.6 Å². The molecule has 8 nitrogen and oxygen atoms in total. The van der Waals surface area contributed by atoms with Crippen LogP contribution < -0.4 is 9.47 Å². The molecule has 3 unspecified atom stereocenters. The van der Waals surface area contributed by atoms with Gasteiger partial charge in [0.05, 0.1) is 20.3 Å². The highest BCUT2D eigenvalue weighted by atomic mass is 16.5. The number of ketones is 1. The first-order valence-corrected chi connectivity index (χ1v) is 17.9. The summed E-state index contributed by atoms with van der Waals surface area (Å²) in [7, 11) is 3.08. The number of ether oxygens (including phenoxy) is 2. The molecule has 4 aromatic carbocycles. The van der Waals surface area contributed by atoms with Crippen molar-refractivity contribution in [1.29, 1.82) is 0 Å². The van der Waals surface area contributed by atoms with Crippen molar-refractivity contribution < 1.29 is 29.6 Å². The van der Waals surface area contributed by atoms with Crippen LogP contribution in [0.15, 0.2) is 104 Å². The van der Waals surface area contributed by atoms with E-state index in [0.29, 0.717) is 43.6 Å². The van der Waals surface area contributed by atoms with Crippen molar-refractivity contribution in [3.63, 3.8) is 0 Å². The van der Waals surface area contributed by atoms with Crippen LogP contribution in [0.2, 0.25) is 0 Å². The maximum Gasteiger partial charge on any atom is 0.164 e. The monoisotopic (exact) mass is 700 g/mol. The van der Waals surface area contributed by atoms with Gasteiger partial charge >= 0.3 is 0 Å². The second kappa shape index (κ2) is 16.7. The summed E-state index contributed by atoms with van der Waals surface area (Å²) < 4.78 is 11.2. The molecule has 0 spiro atoms. The minimum absolute atomic E-state index is 0.0206. The van der Waals surface area contributed by atoms with E-state index < -0.39 is 12.0 Å². The van der Waals surface area contributed by atoms with Gasteiger partial charge in [0.25, 0.3) is 0 Å². The van der Waals surface area contributed by atoms with Crippen LogP contribution in [0.3, 0.4) is 0 Å². The molecule has 270 valence electrons. The molecule has 0 amide bonds. The highest BCUT2D eigenvalue weighted by molar-refractivity contribution is 5.87. The number of aliphatic hydroxyl groups excluding tert-OH is 1. The van der Waals surface area contributed by atoms with Crippen LogP contribution in [-0.4, -0.2) is 51.4 Å². The van der Waals surface area contributed by atoms with Crippen LogP contribution in [-0.2, 0) is 43.3 Å². The number of aromatic amines is 2. The number of aromatic nitrogens is 2. The highest BCUT2D eigenvalue weighted by Crippen LogP contribution is 2.38. The smallest absolute Gasteiger partial charge is 0.164 e. The molecule has 2 heterocycles. The number of aromatic hydroxyl groups is 2. The van der Waals surface area contributed by atoms with Gasteiger partial charge in [-0.25, -0.2) is 0 Å². The molecule has 0 saturated carbocycles. The highest BCUT2D eigenvalue weighted by Gasteiger charge is 2.29. The van der Waals surface area contributed by atoms with Gasteiger partial charge in [0.15, 0.2) is 23.0 Å². The lowest BCUT2D eigenvalue weighted by molar-refractivity contribution is -0.125. The van der Waals surface area contributed by atoms with E-state index in [1.165, 1.54) is 18.2 Å². The minimum atomic E-state index is -0.943. The normalized spacial score (nSPS) is 13.2. The van der Waals surface area contributed by atoms with Crippen molar-refractivity contribution in [1.82, 2.24) is 9.97 Å². The van der Waals surface area contributed by atoms with Gasteiger partial charge < -0.3 is 34.8 Å². The molecule has 0 saturated heterocycles. The standard InChI is InChI=1S/C44H48N2O6/c1-4-31-10-11-32-7-5-6-8-36(32)37(31)24-38-33(12-14-40(48)44(38)52-3)23-35(21-30-16-18-46-27-30)42(50)25-41(49)34(20-29-15-17-45-26-29)19-28-9-13-39(47)43(22-28)51-2/h5-18,22,26-27,34-35,42,45-48,50H,4,19-21,23-25H2,1-3H3. The lowest BCUT2D eigenvalue weighted by Gasteiger charge is -2.26. The van der Waals surface area contributed by atoms with Gasteiger partial charge in [-0.05, 0) is 113 Å². The molecular formula is C44H48N2O6. The Balaban J connectivity index is 1.32. The number of carbonyl (C=O) groups excluding carboxylic acids is 1. The van der Waals surface area contributed by atoms with E-state index in [-0.39, 0.29) is 29.6 Å². The third-order valence-electron chi connectivity index (χ3n) is 10.3. The molecule has 3 atom stereocenters. The molecule has 2 aromatic heterocycles. The van der Waals surface area contributed by atoms with E-state index >= 15 is 0 Å². The average molecular weight is 701 g/mol. The molecule has 0 bridgehead atoms. The molecule has 0 aliphatic heterocycles. The summed E-state index contributed by atoms with van der Waals surface area (Å²) in [5.74, 6) is 0.131. The number of hydrogen-bond donors (Lipinski definition) is 5. The number of carbonyl (C=O) groups is 1. The summed E-state index contributed by atoms with van der Waals surface area (Å²) in [6.45, 7) is 2.15. The second-order valence-electron chi connectivity index (χ2n) is 13.7. The van der Waals surface area contributed by atoms with E-state index in [2.05, 4.69) is 41.2 Å². The van der Waals surface area contributed by atoms with Crippen LogP contribution in [0.4, 0.5) is 0 Å². The summed E-state index contributed by atoms with van der Waals surface area (Å²) >= 11 is 0. The Morgan fingerprint density at radius 3 is 2.12 bits per heavy atom. The van der Waals surface area contributed by atoms with E-state index in [1.54, 1.807) is 31.4 Å². The zero-order chi connectivity index (χ0) is 36.6. The summed E-state index contributed by atoms with van der Waals surface area (Å²) in [6, 6.07) is 25.4. The fraction of sp³-hybridized carbons (Fsp3) is 0.295. The average Bonchev–Trinajstić information content (AvgIpc) is 3.88. The predicted molar refractivity (Wildman–Crippen MR) is 204 cm³/mol. The SMILES string of the molecule is CCc1ccc2ccccc2c1Cc1c(CC(Cc2cc[nH]c2)C(O)CC(=O)C(Cc2cc[nH]c2)Cc2ccc(O)c(OC)c2)ccc(O)c1OC. The van der Waals surface area contributed by atoms with E-state index in [0.717, 1.165) is 45.0 Å². The lowest BCUT2D eigenvalue weighted by Crippen LogP contribution is -2.31. The van der Waals surface area contributed by atoms with Crippen molar-refractivity contribution in [3.8, 4) is 23.0 Å². The van der Waals surface area contributed by atoms with Crippen molar-refractivity contribution in [2.75, 3.05) is 14.2 Å². The first-order chi connectivity index (χ1) is 25.3. The molecule has 5 N–H and O–H groups in total. The third-order valence-corrected chi connectivity index (χ3v) is 10.3. The number of phenolic OH excluding ortho intramolecular Hbond substituents is 2. The van der Waals surface area contributed by atoms with Crippen molar-refractivity contribution in [2.24, 2.45) is 11.8 Å². The van der Waals surface area contributed by atoms with Crippen LogP contribution in [0, 0.1) is 11.8 Å². The number of aliphatic hydroxyl groups is 1.